The molecule has 14 heavy (non-hydrogen) atoms. The third kappa shape index (κ3) is 1.99. The summed E-state index contributed by atoms with van der Waals surface area (Å²) in [4.78, 5) is 11.2. The van der Waals surface area contributed by atoms with Crippen LogP contribution in [0.2, 0.25) is 0 Å². The van der Waals surface area contributed by atoms with E-state index in [4.69, 9.17) is 5.73 Å². The fourth-order valence-corrected chi connectivity index (χ4v) is 1.01. The zero-order valence-electron chi connectivity index (χ0n) is 7.60. The first-order chi connectivity index (χ1) is 6.56. The lowest BCUT2D eigenvalue weighted by molar-refractivity contribution is 0.0956. The summed E-state index contributed by atoms with van der Waals surface area (Å²) in [6.07, 6.45) is 0. The van der Waals surface area contributed by atoms with E-state index in [1.807, 2.05) is 0 Å². The SMILES string of the molecule is CCNC(=O)c1cc(F)c(F)cc1N. The van der Waals surface area contributed by atoms with Crippen LogP contribution in [0.25, 0.3) is 0 Å². The highest BCUT2D eigenvalue weighted by atomic mass is 19.2. The van der Waals surface area contributed by atoms with E-state index < -0.39 is 17.5 Å². The van der Waals surface area contributed by atoms with E-state index in [0.29, 0.717) is 6.54 Å². The fourth-order valence-electron chi connectivity index (χ4n) is 1.01. The van der Waals surface area contributed by atoms with Gasteiger partial charge in [-0.25, -0.2) is 8.78 Å². The zero-order valence-corrected chi connectivity index (χ0v) is 7.60. The quantitative estimate of drug-likeness (QED) is 0.707. The predicted molar refractivity (Wildman–Crippen MR) is 48.8 cm³/mol. The Balaban J connectivity index is 3.09. The molecule has 3 nitrogen and oxygen atoms in total. The topological polar surface area (TPSA) is 55.1 Å². The molecule has 0 radical (unpaired) electrons. The van der Waals surface area contributed by atoms with Gasteiger partial charge in [-0.1, -0.05) is 0 Å². The van der Waals surface area contributed by atoms with Gasteiger partial charge < -0.3 is 11.1 Å². The molecule has 0 aliphatic carbocycles. The Labute approximate surface area is 79.9 Å². The van der Waals surface area contributed by atoms with E-state index in [1.165, 1.54) is 0 Å². The first kappa shape index (κ1) is 10.4. The number of carbonyl (C=O) groups is 1. The molecule has 0 spiro atoms. The number of halogens is 2. The van der Waals surface area contributed by atoms with Crippen LogP contribution in [-0.2, 0) is 0 Å². The lowest BCUT2D eigenvalue weighted by Crippen LogP contribution is -2.24. The second-order valence-corrected chi connectivity index (χ2v) is 2.71. The van der Waals surface area contributed by atoms with Crippen molar-refractivity contribution in [1.29, 1.82) is 0 Å². The summed E-state index contributed by atoms with van der Waals surface area (Å²) >= 11 is 0. The van der Waals surface area contributed by atoms with Crippen LogP contribution in [0.5, 0.6) is 0 Å². The third-order valence-corrected chi connectivity index (χ3v) is 1.67. The highest BCUT2D eigenvalue weighted by Gasteiger charge is 2.13. The van der Waals surface area contributed by atoms with Crippen LogP contribution in [-0.4, -0.2) is 12.5 Å². The van der Waals surface area contributed by atoms with Crippen molar-refractivity contribution < 1.29 is 13.6 Å². The average Bonchev–Trinajstić information content (AvgIpc) is 2.11. The molecule has 0 fully saturated rings. The average molecular weight is 200 g/mol. The smallest absolute Gasteiger partial charge is 0.253 e. The summed E-state index contributed by atoms with van der Waals surface area (Å²) in [5.41, 5.74) is 5.23. The van der Waals surface area contributed by atoms with Crippen molar-refractivity contribution in [3.63, 3.8) is 0 Å². The number of hydrogen-bond acceptors (Lipinski definition) is 2. The molecule has 3 N–H and O–H groups in total. The molecule has 0 aromatic heterocycles. The first-order valence-electron chi connectivity index (χ1n) is 4.09. The standard InChI is InChI=1S/C9H10F2N2O/c1-2-13-9(14)5-3-6(10)7(11)4-8(5)12/h3-4H,2,12H2,1H3,(H,13,14). The monoisotopic (exact) mass is 200 g/mol. The van der Waals surface area contributed by atoms with Crippen molar-refractivity contribution in [2.24, 2.45) is 0 Å². The second-order valence-electron chi connectivity index (χ2n) is 2.71. The van der Waals surface area contributed by atoms with Gasteiger partial charge in [0.2, 0.25) is 0 Å². The van der Waals surface area contributed by atoms with Gasteiger partial charge in [0.05, 0.1) is 5.56 Å². The highest BCUT2D eigenvalue weighted by Crippen LogP contribution is 2.16. The Morgan fingerprint density at radius 2 is 2.00 bits per heavy atom. The van der Waals surface area contributed by atoms with Crippen molar-refractivity contribution in [3.8, 4) is 0 Å². The normalized spacial score (nSPS) is 9.93. The first-order valence-corrected chi connectivity index (χ1v) is 4.09. The lowest BCUT2D eigenvalue weighted by atomic mass is 10.1. The van der Waals surface area contributed by atoms with E-state index in [-0.39, 0.29) is 11.3 Å². The van der Waals surface area contributed by atoms with E-state index in [1.54, 1.807) is 6.92 Å². The maximum absolute atomic E-state index is 12.7. The fraction of sp³-hybridized carbons (Fsp3) is 0.222. The number of rotatable bonds is 2. The molecule has 0 atom stereocenters. The largest absolute Gasteiger partial charge is 0.398 e. The molecule has 0 bridgehead atoms. The molecule has 0 aliphatic heterocycles. The van der Waals surface area contributed by atoms with Crippen LogP contribution in [0, 0.1) is 11.6 Å². The maximum atomic E-state index is 12.7. The van der Waals surface area contributed by atoms with Gasteiger partial charge in [-0.3, -0.25) is 4.79 Å². The van der Waals surface area contributed by atoms with Crippen LogP contribution in [0.3, 0.4) is 0 Å². The van der Waals surface area contributed by atoms with Crippen LogP contribution >= 0.6 is 0 Å². The molecule has 1 rings (SSSR count). The second kappa shape index (κ2) is 4.04. The molecular formula is C9H10F2N2O. The Hall–Kier alpha value is -1.65. The lowest BCUT2D eigenvalue weighted by Gasteiger charge is -2.05. The number of carbonyl (C=O) groups excluding carboxylic acids is 1. The molecular weight excluding hydrogens is 190 g/mol. The van der Waals surface area contributed by atoms with Crippen molar-refractivity contribution in [1.82, 2.24) is 5.32 Å². The minimum atomic E-state index is -1.08. The van der Waals surface area contributed by atoms with Gasteiger partial charge in [-0.2, -0.15) is 0 Å². The summed E-state index contributed by atoms with van der Waals surface area (Å²) in [5.74, 6) is -2.65. The number of amides is 1. The van der Waals surface area contributed by atoms with E-state index >= 15 is 0 Å². The molecule has 1 amide bonds. The van der Waals surface area contributed by atoms with Crippen molar-refractivity contribution in [3.05, 3.63) is 29.3 Å². The number of nitrogen functional groups attached to an aromatic ring is 1. The van der Waals surface area contributed by atoms with Crippen molar-refractivity contribution in [2.75, 3.05) is 12.3 Å². The van der Waals surface area contributed by atoms with Crippen molar-refractivity contribution >= 4 is 11.6 Å². The van der Waals surface area contributed by atoms with Crippen LogP contribution in [0.4, 0.5) is 14.5 Å². The molecule has 0 aliphatic rings. The van der Waals surface area contributed by atoms with Gasteiger partial charge >= 0.3 is 0 Å². The summed E-state index contributed by atoms with van der Waals surface area (Å²) < 4.78 is 25.4. The van der Waals surface area contributed by atoms with Gasteiger partial charge in [-0.15, -0.1) is 0 Å². The molecule has 1 aromatic rings. The van der Waals surface area contributed by atoms with E-state index in [0.717, 1.165) is 12.1 Å². The van der Waals surface area contributed by atoms with Gasteiger partial charge in [0.15, 0.2) is 11.6 Å². The zero-order chi connectivity index (χ0) is 10.7. The molecule has 0 saturated carbocycles. The maximum Gasteiger partial charge on any atom is 0.253 e. The number of nitrogens with two attached hydrogens (primary N) is 1. The Bertz CT molecular complexity index is 366. The summed E-state index contributed by atoms with van der Waals surface area (Å²) in [7, 11) is 0. The molecule has 0 heterocycles. The van der Waals surface area contributed by atoms with Crippen LogP contribution in [0.1, 0.15) is 17.3 Å². The predicted octanol–water partition coefficient (Wildman–Crippen LogP) is 1.30. The number of nitrogens with one attached hydrogen (secondary N) is 1. The minimum Gasteiger partial charge on any atom is -0.398 e. The molecule has 0 saturated heterocycles. The van der Waals surface area contributed by atoms with Crippen LogP contribution in [0.15, 0.2) is 12.1 Å². The van der Waals surface area contributed by atoms with Crippen LogP contribution < -0.4 is 11.1 Å². The Morgan fingerprint density at radius 3 is 2.57 bits per heavy atom. The number of hydrogen-bond donors (Lipinski definition) is 2. The molecule has 1 aromatic carbocycles. The third-order valence-electron chi connectivity index (χ3n) is 1.67. The van der Waals surface area contributed by atoms with Gasteiger partial charge in [0.1, 0.15) is 0 Å². The van der Waals surface area contributed by atoms with Gasteiger partial charge in [0.25, 0.3) is 5.91 Å². The van der Waals surface area contributed by atoms with E-state index in [9.17, 15) is 13.6 Å². The van der Waals surface area contributed by atoms with Crippen molar-refractivity contribution in [2.45, 2.75) is 6.92 Å². The summed E-state index contributed by atoms with van der Waals surface area (Å²) in [5, 5.41) is 2.44. The van der Waals surface area contributed by atoms with E-state index in [2.05, 4.69) is 5.32 Å². The van der Waals surface area contributed by atoms with Gasteiger partial charge in [-0.05, 0) is 13.0 Å². The highest BCUT2D eigenvalue weighted by molar-refractivity contribution is 5.99. The minimum absolute atomic E-state index is 0.0502. The summed E-state index contributed by atoms with van der Waals surface area (Å²) in [6.45, 7) is 2.12. The Kier molecular flexibility index (Phi) is 3.01. The molecule has 76 valence electrons. The van der Waals surface area contributed by atoms with Gasteiger partial charge in [0, 0.05) is 18.3 Å². The number of anilines is 1. The molecule has 5 heteroatoms. The number of benzene rings is 1. The Morgan fingerprint density at radius 1 is 1.43 bits per heavy atom. The molecule has 0 unspecified atom stereocenters. The summed E-state index contributed by atoms with van der Waals surface area (Å²) in [6, 6.07) is 1.58.